The molecule has 0 fully saturated rings. The number of nitrogens with one attached hydrogen (secondary N) is 1. The van der Waals surface area contributed by atoms with Gasteiger partial charge in [-0.1, -0.05) is 11.6 Å². The van der Waals surface area contributed by atoms with Gasteiger partial charge in [0.05, 0.1) is 10.7 Å². The van der Waals surface area contributed by atoms with Gasteiger partial charge in [0.25, 0.3) is 5.91 Å². The molecule has 1 heterocycles. The molecule has 21 heavy (non-hydrogen) atoms. The second-order valence-corrected chi connectivity index (χ2v) is 6.23. The summed E-state index contributed by atoms with van der Waals surface area (Å²) in [6, 6.07) is 3.88. The number of hydrogen-bond acceptors (Lipinski definition) is 5. The van der Waals surface area contributed by atoms with E-state index < -0.39 is 15.9 Å². The van der Waals surface area contributed by atoms with Crippen LogP contribution < -0.4 is 10.5 Å². The van der Waals surface area contributed by atoms with E-state index in [0.29, 0.717) is 17.3 Å². The lowest BCUT2D eigenvalue weighted by Gasteiger charge is -2.06. The Morgan fingerprint density at radius 3 is 2.52 bits per heavy atom. The average molecular weight is 330 g/mol. The van der Waals surface area contributed by atoms with Crippen LogP contribution in [-0.4, -0.2) is 19.3 Å². The molecule has 2 aromatic rings. The van der Waals surface area contributed by atoms with E-state index in [1.807, 2.05) is 0 Å². The van der Waals surface area contributed by atoms with Gasteiger partial charge in [0.15, 0.2) is 5.89 Å². The number of aromatic nitrogens is 1. The van der Waals surface area contributed by atoms with Crippen molar-refractivity contribution in [2.75, 3.05) is 5.32 Å². The van der Waals surface area contributed by atoms with E-state index in [1.54, 1.807) is 13.8 Å². The highest BCUT2D eigenvalue weighted by Gasteiger charge is 2.18. The van der Waals surface area contributed by atoms with Crippen LogP contribution in [0.4, 0.5) is 5.69 Å². The minimum absolute atomic E-state index is 0.0825. The van der Waals surface area contributed by atoms with Crippen LogP contribution in [0, 0.1) is 13.8 Å². The number of primary sulfonamides is 1. The van der Waals surface area contributed by atoms with Crippen LogP contribution in [0.1, 0.15) is 22.1 Å². The topological polar surface area (TPSA) is 115 Å². The van der Waals surface area contributed by atoms with Crippen LogP contribution >= 0.6 is 11.6 Å². The molecule has 0 bridgehead atoms. The highest BCUT2D eigenvalue weighted by atomic mass is 35.5. The lowest BCUT2D eigenvalue weighted by atomic mass is 10.3. The molecule has 9 heteroatoms. The first-order valence-corrected chi connectivity index (χ1v) is 7.68. The van der Waals surface area contributed by atoms with E-state index >= 15 is 0 Å². The lowest BCUT2D eigenvalue weighted by molar-refractivity contribution is 0.0994. The van der Waals surface area contributed by atoms with Crippen LogP contribution in [0.5, 0.6) is 0 Å². The molecular weight excluding hydrogens is 318 g/mol. The lowest BCUT2D eigenvalue weighted by Crippen LogP contribution is -2.14. The van der Waals surface area contributed by atoms with Gasteiger partial charge in [0.2, 0.25) is 15.8 Å². The van der Waals surface area contributed by atoms with Crippen molar-refractivity contribution in [2.24, 2.45) is 5.14 Å². The van der Waals surface area contributed by atoms with Crippen molar-refractivity contribution in [1.82, 2.24) is 4.98 Å². The van der Waals surface area contributed by atoms with Gasteiger partial charge in [-0.2, -0.15) is 0 Å². The highest BCUT2D eigenvalue weighted by Crippen LogP contribution is 2.24. The Balaban J connectivity index is 2.27. The summed E-state index contributed by atoms with van der Waals surface area (Å²) in [5, 5.41) is 7.46. The van der Waals surface area contributed by atoms with Gasteiger partial charge in [0.1, 0.15) is 4.90 Å². The Kier molecular flexibility index (Phi) is 4.04. The van der Waals surface area contributed by atoms with E-state index in [4.69, 9.17) is 21.2 Å². The van der Waals surface area contributed by atoms with Crippen molar-refractivity contribution in [2.45, 2.75) is 18.7 Å². The molecule has 0 unspecified atom stereocenters. The minimum atomic E-state index is -3.91. The fourth-order valence-electron chi connectivity index (χ4n) is 1.74. The number of nitrogens with zero attached hydrogens (tertiary/aromatic N) is 1. The summed E-state index contributed by atoms with van der Waals surface area (Å²) in [7, 11) is -3.91. The molecule has 1 aromatic heterocycles. The van der Waals surface area contributed by atoms with Gasteiger partial charge in [0, 0.05) is 12.6 Å². The molecule has 2 rings (SSSR count). The summed E-state index contributed by atoms with van der Waals surface area (Å²) in [6.07, 6.45) is 0. The number of nitrogens with two attached hydrogens (primary N) is 1. The third-order valence-corrected chi connectivity index (χ3v) is 4.00. The standard InChI is InChI=1S/C12H12ClN3O4S/c1-6-11(20-7(2)15-6)12(17)16-8-3-4-10(9(13)5-8)21(14,18)19/h3-5H,1-2H3,(H,16,17)(H2,14,18,19). The summed E-state index contributed by atoms with van der Waals surface area (Å²) in [6.45, 7) is 3.27. The summed E-state index contributed by atoms with van der Waals surface area (Å²) in [5.41, 5.74) is 0.767. The van der Waals surface area contributed by atoms with Crippen LogP contribution in [-0.2, 0) is 10.0 Å². The number of hydrogen-bond donors (Lipinski definition) is 2. The molecule has 0 saturated heterocycles. The fraction of sp³-hybridized carbons (Fsp3) is 0.167. The number of aryl methyl sites for hydroxylation is 2. The van der Waals surface area contributed by atoms with E-state index in [-0.39, 0.29) is 15.7 Å². The summed E-state index contributed by atoms with van der Waals surface area (Å²) in [4.78, 5) is 15.8. The SMILES string of the molecule is Cc1nc(C)c(C(=O)Nc2ccc(S(N)(=O)=O)c(Cl)c2)o1. The Morgan fingerprint density at radius 2 is 2.05 bits per heavy atom. The zero-order valence-electron chi connectivity index (χ0n) is 11.2. The molecule has 112 valence electrons. The van der Waals surface area contributed by atoms with Crippen LogP contribution in [0.15, 0.2) is 27.5 Å². The van der Waals surface area contributed by atoms with Crippen molar-refractivity contribution < 1.29 is 17.6 Å². The number of halogens is 1. The number of benzene rings is 1. The normalized spacial score (nSPS) is 11.4. The Labute approximate surface area is 126 Å². The second-order valence-electron chi connectivity index (χ2n) is 4.29. The van der Waals surface area contributed by atoms with Gasteiger partial charge >= 0.3 is 0 Å². The van der Waals surface area contributed by atoms with Crippen LogP contribution in [0.25, 0.3) is 0 Å². The van der Waals surface area contributed by atoms with Gasteiger partial charge < -0.3 is 9.73 Å². The number of carbonyl (C=O) groups is 1. The van der Waals surface area contributed by atoms with Crippen molar-refractivity contribution in [1.29, 1.82) is 0 Å². The molecule has 7 nitrogen and oxygen atoms in total. The van der Waals surface area contributed by atoms with Crippen molar-refractivity contribution in [3.05, 3.63) is 40.6 Å². The molecule has 3 N–H and O–H groups in total. The van der Waals surface area contributed by atoms with Crippen molar-refractivity contribution in [3.8, 4) is 0 Å². The highest BCUT2D eigenvalue weighted by molar-refractivity contribution is 7.89. The largest absolute Gasteiger partial charge is 0.436 e. The van der Waals surface area contributed by atoms with Gasteiger partial charge in [-0.05, 0) is 25.1 Å². The van der Waals surface area contributed by atoms with Gasteiger partial charge in [-0.25, -0.2) is 18.5 Å². The third-order valence-electron chi connectivity index (χ3n) is 2.61. The molecule has 0 aliphatic carbocycles. The Bertz CT molecular complexity index is 814. The minimum Gasteiger partial charge on any atom is -0.436 e. The van der Waals surface area contributed by atoms with Crippen molar-refractivity contribution in [3.63, 3.8) is 0 Å². The average Bonchev–Trinajstić information content (AvgIpc) is 2.67. The maximum atomic E-state index is 12.0. The summed E-state index contributed by atoms with van der Waals surface area (Å²) >= 11 is 5.83. The maximum absolute atomic E-state index is 12.0. The van der Waals surface area contributed by atoms with E-state index in [2.05, 4.69) is 10.3 Å². The first-order valence-electron chi connectivity index (χ1n) is 5.76. The number of anilines is 1. The molecule has 0 atom stereocenters. The predicted molar refractivity (Wildman–Crippen MR) is 76.8 cm³/mol. The Hall–Kier alpha value is -1.90. The first kappa shape index (κ1) is 15.5. The number of sulfonamides is 1. The smallest absolute Gasteiger partial charge is 0.293 e. The first-order chi connectivity index (χ1) is 9.68. The predicted octanol–water partition coefficient (Wildman–Crippen LogP) is 1.84. The van der Waals surface area contributed by atoms with Crippen molar-refractivity contribution >= 4 is 33.2 Å². The zero-order valence-corrected chi connectivity index (χ0v) is 12.7. The number of amides is 1. The molecular formula is C12H12ClN3O4S. The summed E-state index contributed by atoms with van der Waals surface area (Å²) in [5.74, 6) is -0.0491. The van der Waals surface area contributed by atoms with Gasteiger partial charge in [-0.3, -0.25) is 4.79 Å². The van der Waals surface area contributed by atoms with Crippen LogP contribution in [0.3, 0.4) is 0 Å². The number of oxazole rings is 1. The molecule has 1 aromatic carbocycles. The molecule has 1 amide bonds. The zero-order chi connectivity index (χ0) is 15.8. The van der Waals surface area contributed by atoms with E-state index in [0.717, 1.165) is 0 Å². The van der Waals surface area contributed by atoms with E-state index in [9.17, 15) is 13.2 Å². The second kappa shape index (κ2) is 5.47. The molecule has 0 aliphatic heterocycles. The summed E-state index contributed by atoms with van der Waals surface area (Å²) < 4.78 is 27.7. The monoisotopic (exact) mass is 329 g/mol. The van der Waals surface area contributed by atoms with E-state index in [1.165, 1.54) is 18.2 Å². The quantitative estimate of drug-likeness (QED) is 0.891. The molecule has 0 saturated carbocycles. The number of rotatable bonds is 3. The number of carbonyl (C=O) groups excluding carboxylic acids is 1. The van der Waals surface area contributed by atoms with Gasteiger partial charge in [-0.15, -0.1) is 0 Å². The molecule has 0 aliphatic rings. The molecule has 0 spiro atoms. The Morgan fingerprint density at radius 1 is 1.38 bits per heavy atom. The van der Waals surface area contributed by atoms with Crippen LogP contribution in [0.2, 0.25) is 5.02 Å². The molecule has 0 radical (unpaired) electrons. The maximum Gasteiger partial charge on any atom is 0.293 e. The fourth-order valence-corrected chi connectivity index (χ4v) is 2.83. The third kappa shape index (κ3) is 3.41.